The summed E-state index contributed by atoms with van der Waals surface area (Å²) in [7, 11) is 1.28. The standard InChI is InChI=1S/C18H17BrFNO3/c1-24-18(23)16(10-12-2-6-14(19)7-3-12)21-17(22)11-13-4-8-15(20)9-5-13/h2-9,16H,10-11H2,1H3,(H,21,22)/t16-/m0/s1. The Morgan fingerprint density at radius 3 is 2.25 bits per heavy atom. The van der Waals surface area contributed by atoms with Gasteiger partial charge in [0.25, 0.3) is 0 Å². The maximum Gasteiger partial charge on any atom is 0.328 e. The van der Waals surface area contributed by atoms with E-state index >= 15 is 0 Å². The zero-order valence-corrected chi connectivity index (χ0v) is 14.7. The van der Waals surface area contributed by atoms with E-state index in [1.54, 1.807) is 0 Å². The molecule has 24 heavy (non-hydrogen) atoms. The van der Waals surface area contributed by atoms with Gasteiger partial charge in [0, 0.05) is 10.9 Å². The number of halogens is 2. The molecule has 0 aliphatic heterocycles. The molecule has 0 radical (unpaired) electrons. The van der Waals surface area contributed by atoms with Crippen LogP contribution in [0, 0.1) is 5.82 Å². The molecular weight excluding hydrogens is 377 g/mol. The first-order valence-corrected chi connectivity index (χ1v) is 8.13. The minimum atomic E-state index is -0.774. The fraction of sp³-hybridized carbons (Fsp3) is 0.222. The predicted octanol–water partition coefficient (Wildman–Crippen LogP) is 3.03. The summed E-state index contributed by atoms with van der Waals surface area (Å²) in [6.07, 6.45) is 0.392. The van der Waals surface area contributed by atoms with Crippen LogP contribution in [0.1, 0.15) is 11.1 Å². The molecule has 0 unspecified atom stereocenters. The van der Waals surface area contributed by atoms with E-state index in [1.807, 2.05) is 24.3 Å². The van der Waals surface area contributed by atoms with Crippen LogP contribution in [0.4, 0.5) is 4.39 Å². The lowest BCUT2D eigenvalue weighted by molar-refractivity contribution is -0.145. The van der Waals surface area contributed by atoms with Crippen LogP contribution in [0.15, 0.2) is 53.0 Å². The molecule has 1 atom stereocenters. The van der Waals surface area contributed by atoms with Crippen molar-refractivity contribution < 1.29 is 18.7 Å². The summed E-state index contributed by atoms with van der Waals surface area (Å²) in [4.78, 5) is 24.1. The van der Waals surface area contributed by atoms with E-state index in [-0.39, 0.29) is 18.1 Å². The Labute approximate surface area is 148 Å². The number of hydrogen-bond donors (Lipinski definition) is 1. The molecule has 0 fully saturated rings. The molecule has 126 valence electrons. The molecule has 2 aromatic rings. The summed E-state index contributed by atoms with van der Waals surface area (Å²) in [6.45, 7) is 0. The van der Waals surface area contributed by atoms with Crippen molar-refractivity contribution in [2.24, 2.45) is 0 Å². The van der Waals surface area contributed by atoms with E-state index in [0.29, 0.717) is 12.0 Å². The van der Waals surface area contributed by atoms with Gasteiger partial charge in [-0.2, -0.15) is 0 Å². The molecule has 0 aromatic heterocycles. The first-order chi connectivity index (χ1) is 11.5. The number of methoxy groups -OCH3 is 1. The molecular formula is C18H17BrFNO3. The molecule has 6 heteroatoms. The number of ether oxygens (including phenoxy) is 1. The van der Waals surface area contributed by atoms with Gasteiger partial charge >= 0.3 is 5.97 Å². The van der Waals surface area contributed by atoms with Gasteiger partial charge in [0.05, 0.1) is 13.5 Å². The monoisotopic (exact) mass is 393 g/mol. The number of nitrogens with one attached hydrogen (secondary N) is 1. The van der Waals surface area contributed by atoms with Gasteiger partial charge in [0.15, 0.2) is 0 Å². The summed E-state index contributed by atoms with van der Waals surface area (Å²) < 4.78 is 18.6. The molecule has 0 aliphatic carbocycles. The van der Waals surface area contributed by atoms with Gasteiger partial charge in [0.1, 0.15) is 11.9 Å². The Balaban J connectivity index is 2.02. The number of hydrogen-bond acceptors (Lipinski definition) is 3. The lowest BCUT2D eigenvalue weighted by atomic mass is 10.1. The Morgan fingerprint density at radius 2 is 1.67 bits per heavy atom. The van der Waals surface area contributed by atoms with Gasteiger partial charge in [-0.3, -0.25) is 4.79 Å². The minimum Gasteiger partial charge on any atom is -0.467 e. The smallest absolute Gasteiger partial charge is 0.328 e. The maximum atomic E-state index is 12.9. The van der Waals surface area contributed by atoms with Crippen molar-refractivity contribution in [3.05, 3.63) is 69.9 Å². The molecule has 0 heterocycles. The number of rotatable bonds is 6. The van der Waals surface area contributed by atoms with Crippen LogP contribution in [-0.4, -0.2) is 25.0 Å². The fourth-order valence-electron chi connectivity index (χ4n) is 2.22. The molecule has 2 aromatic carbocycles. The summed E-state index contributed by atoms with van der Waals surface area (Å²) in [6, 6.07) is 12.4. The van der Waals surface area contributed by atoms with E-state index in [4.69, 9.17) is 4.74 Å². The molecule has 0 spiro atoms. The summed E-state index contributed by atoms with van der Waals surface area (Å²) >= 11 is 3.35. The third kappa shape index (κ3) is 5.45. The van der Waals surface area contributed by atoms with Crippen molar-refractivity contribution in [2.45, 2.75) is 18.9 Å². The van der Waals surface area contributed by atoms with Crippen LogP contribution in [0.25, 0.3) is 0 Å². The predicted molar refractivity (Wildman–Crippen MR) is 91.9 cm³/mol. The van der Waals surface area contributed by atoms with Gasteiger partial charge in [-0.1, -0.05) is 40.2 Å². The Hall–Kier alpha value is -2.21. The molecule has 1 amide bonds. The Morgan fingerprint density at radius 1 is 1.08 bits per heavy atom. The van der Waals surface area contributed by atoms with Gasteiger partial charge in [-0.15, -0.1) is 0 Å². The second-order valence-electron chi connectivity index (χ2n) is 5.28. The first kappa shape index (κ1) is 18.1. The van der Waals surface area contributed by atoms with Crippen LogP contribution in [-0.2, 0) is 27.2 Å². The van der Waals surface area contributed by atoms with E-state index in [9.17, 15) is 14.0 Å². The second kappa shape index (κ2) is 8.59. The van der Waals surface area contributed by atoms with Crippen molar-refractivity contribution in [1.29, 1.82) is 0 Å². The molecule has 0 saturated carbocycles. The quantitative estimate of drug-likeness (QED) is 0.767. The lowest BCUT2D eigenvalue weighted by Crippen LogP contribution is -2.43. The van der Waals surface area contributed by atoms with Crippen LogP contribution in [0.3, 0.4) is 0 Å². The average molecular weight is 394 g/mol. The summed E-state index contributed by atoms with van der Waals surface area (Å²) in [5.74, 6) is -1.19. The maximum absolute atomic E-state index is 12.9. The van der Waals surface area contributed by atoms with E-state index in [1.165, 1.54) is 31.4 Å². The van der Waals surface area contributed by atoms with Gasteiger partial charge in [0.2, 0.25) is 5.91 Å². The third-order valence-corrected chi connectivity index (χ3v) is 3.98. The largest absolute Gasteiger partial charge is 0.467 e. The van der Waals surface area contributed by atoms with Crippen LogP contribution in [0.5, 0.6) is 0 Å². The molecule has 4 nitrogen and oxygen atoms in total. The summed E-state index contributed by atoms with van der Waals surface area (Å²) in [5.41, 5.74) is 1.57. The van der Waals surface area contributed by atoms with E-state index in [2.05, 4.69) is 21.2 Å². The number of amides is 1. The van der Waals surface area contributed by atoms with Crippen LogP contribution in [0.2, 0.25) is 0 Å². The average Bonchev–Trinajstić information content (AvgIpc) is 2.57. The minimum absolute atomic E-state index is 0.0636. The SMILES string of the molecule is COC(=O)[C@H](Cc1ccc(Br)cc1)NC(=O)Cc1ccc(F)cc1. The van der Waals surface area contributed by atoms with Crippen molar-refractivity contribution >= 4 is 27.8 Å². The fourth-order valence-corrected chi connectivity index (χ4v) is 2.49. The van der Waals surface area contributed by atoms with Crippen molar-refractivity contribution in [1.82, 2.24) is 5.32 Å². The van der Waals surface area contributed by atoms with Crippen LogP contribution >= 0.6 is 15.9 Å². The molecule has 0 bridgehead atoms. The van der Waals surface area contributed by atoms with Gasteiger partial charge in [-0.25, -0.2) is 9.18 Å². The van der Waals surface area contributed by atoms with Crippen molar-refractivity contribution in [2.75, 3.05) is 7.11 Å². The first-order valence-electron chi connectivity index (χ1n) is 7.34. The number of carbonyl (C=O) groups excluding carboxylic acids is 2. The second-order valence-corrected chi connectivity index (χ2v) is 6.19. The third-order valence-electron chi connectivity index (χ3n) is 3.45. The molecule has 0 saturated heterocycles. The lowest BCUT2D eigenvalue weighted by Gasteiger charge is -2.17. The highest BCUT2D eigenvalue weighted by molar-refractivity contribution is 9.10. The molecule has 2 rings (SSSR count). The Kier molecular flexibility index (Phi) is 6.49. The van der Waals surface area contributed by atoms with Crippen molar-refractivity contribution in [3.8, 4) is 0 Å². The topological polar surface area (TPSA) is 55.4 Å². The van der Waals surface area contributed by atoms with Crippen LogP contribution < -0.4 is 5.32 Å². The summed E-state index contributed by atoms with van der Waals surface area (Å²) in [5, 5.41) is 2.67. The highest BCUT2D eigenvalue weighted by Crippen LogP contribution is 2.12. The number of carbonyl (C=O) groups is 2. The zero-order valence-electron chi connectivity index (χ0n) is 13.1. The molecule has 0 aliphatic rings. The number of benzene rings is 2. The highest BCUT2D eigenvalue weighted by atomic mass is 79.9. The highest BCUT2D eigenvalue weighted by Gasteiger charge is 2.22. The van der Waals surface area contributed by atoms with E-state index in [0.717, 1.165) is 10.0 Å². The van der Waals surface area contributed by atoms with E-state index < -0.39 is 12.0 Å². The van der Waals surface area contributed by atoms with Crippen molar-refractivity contribution in [3.63, 3.8) is 0 Å². The number of esters is 1. The van der Waals surface area contributed by atoms with Gasteiger partial charge in [-0.05, 0) is 35.4 Å². The zero-order chi connectivity index (χ0) is 17.5. The van der Waals surface area contributed by atoms with Gasteiger partial charge < -0.3 is 10.1 Å². The Bertz CT molecular complexity index is 701. The molecule has 1 N–H and O–H groups in total. The normalized spacial score (nSPS) is 11.6.